The molecule has 0 amide bonds. The van der Waals surface area contributed by atoms with Crippen molar-refractivity contribution in [3.63, 3.8) is 0 Å². The molecule has 0 saturated carbocycles. The third kappa shape index (κ3) is 1.47. The Morgan fingerprint density at radius 3 is 2.36 bits per heavy atom. The van der Waals surface area contributed by atoms with Gasteiger partial charge in [-0.25, -0.2) is 0 Å². The zero-order valence-electron chi connectivity index (χ0n) is 7.83. The Labute approximate surface area is 68.7 Å². The molecule has 0 bridgehead atoms. The quantitative estimate of drug-likeness (QED) is 0.553. The summed E-state index contributed by atoms with van der Waals surface area (Å²) in [6.07, 6.45) is 0. The molecule has 1 saturated heterocycles. The molecule has 0 aromatic rings. The Kier molecular flexibility index (Phi) is 2.37. The predicted molar refractivity (Wildman–Crippen MR) is 47.8 cm³/mol. The minimum atomic E-state index is 0.568. The molecule has 0 spiro atoms. The van der Waals surface area contributed by atoms with E-state index < -0.39 is 0 Å². The van der Waals surface area contributed by atoms with Gasteiger partial charge in [0.05, 0.1) is 0 Å². The van der Waals surface area contributed by atoms with Gasteiger partial charge in [-0.2, -0.15) is 0 Å². The van der Waals surface area contributed by atoms with Crippen LogP contribution in [0.1, 0.15) is 13.8 Å². The molecule has 1 rings (SSSR count). The number of guanidine groups is 1. The molecule has 0 radical (unpaired) electrons. The van der Waals surface area contributed by atoms with Crippen molar-refractivity contribution in [2.45, 2.75) is 19.9 Å². The molecule has 64 valence electrons. The summed E-state index contributed by atoms with van der Waals surface area (Å²) in [5.41, 5.74) is 0. The Morgan fingerprint density at radius 1 is 1.36 bits per heavy atom. The average molecular weight is 155 g/mol. The largest absolute Gasteiger partial charge is 0.344 e. The van der Waals surface area contributed by atoms with Crippen LogP contribution in [0.15, 0.2) is 4.99 Å². The number of hydrogen-bond acceptors (Lipinski definition) is 1. The maximum Gasteiger partial charge on any atom is 0.196 e. The second-order valence-electron chi connectivity index (χ2n) is 3.23. The van der Waals surface area contributed by atoms with E-state index in [1.54, 1.807) is 0 Å². The molecular formula is C8H17N3. The maximum atomic E-state index is 4.24. The zero-order chi connectivity index (χ0) is 8.43. The number of nitrogens with zero attached hydrogens (tertiary/aromatic N) is 3. The van der Waals surface area contributed by atoms with E-state index in [1.807, 2.05) is 7.05 Å². The Morgan fingerprint density at radius 2 is 2.00 bits per heavy atom. The van der Waals surface area contributed by atoms with Crippen molar-refractivity contribution in [2.75, 3.05) is 27.2 Å². The van der Waals surface area contributed by atoms with Gasteiger partial charge in [0.15, 0.2) is 5.96 Å². The third-order valence-electron chi connectivity index (χ3n) is 2.10. The van der Waals surface area contributed by atoms with Crippen LogP contribution in [-0.4, -0.2) is 49.0 Å². The predicted octanol–water partition coefficient (Wildman–Crippen LogP) is 0.628. The SMILES string of the molecule is C/N=C1/N(C)CCN1C(C)C. The van der Waals surface area contributed by atoms with Gasteiger partial charge >= 0.3 is 0 Å². The summed E-state index contributed by atoms with van der Waals surface area (Å²) in [7, 11) is 3.94. The number of hydrogen-bond donors (Lipinski definition) is 0. The minimum absolute atomic E-state index is 0.568. The van der Waals surface area contributed by atoms with Crippen LogP contribution < -0.4 is 0 Å². The molecule has 1 fully saturated rings. The first-order valence-electron chi connectivity index (χ1n) is 4.11. The van der Waals surface area contributed by atoms with E-state index in [0.717, 1.165) is 19.0 Å². The Bertz CT molecular complexity index is 163. The van der Waals surface area contributed by atoms with Crippen molar-refractivity contribution in [1.82, 2.24) is 9.80 Å². The molecule has 0 aromatic heterocycles. The molecule has 1 aliphatic rings. The molecule has 0 unspecified atom stereocenters. The second-order valence-corrected chi connectivity index (χ2v) is 3.23. The third-order valence-corrected chi connectivity index (χ3v) is 2.10. The summed E-state index contributed by atoms with van der Waals surface area (Å²) in [6.45, 7) is 6.61. The van der Waals surface area contributed by atoms with Crippen molar-refractivity contribution in [3.05, 3.63) is 0 Å². The monoisotopic (exact) mass is 155 g/mol. The highest BCUT2D eigenvalue weighted by Crippen LogP contribution is 2.09. The van der Waals surface area contributed by atoms with Crippen LogP contribution in [0.2, 0.25) is 0 Å². The second kappa shape index (κ2) is 3.11. The van der Waals surface area contributed by atoms with Gasteiger partial charge in [0, 0.05) is 33.2 Å². The van der Waals surface area contributed by atoms with Gasteiger partial charge in [-0.15, -0.1) is 0 Å². The Hall–Kier alpha value is -0.730. The first kappa shape index (κ1) is 8.37. The first-order valence-corrected chi connectivity index (χ1v) is 4.11. The van der Waals surface area contributed by atoms with Gasteiger partial charge in [-0.1, -0.05) is 0 Å². The van der Waals surface area contributed by atoms with E-state index in [4.69, 9.17) is 0 Å². The zero-order valence-corrected chi connectivity index (χ0v) is 7.83. The van der Waals surface area contributed by atoms with Gasteiger partial charge in [0.1, 0.15) is 0 Å². The van der Waals surface area contributed by atoms with Crippen LogP contribution in [0, 0.1) is 0 Å². The fourth-order valence-corrected chi connectivity index (χ4v) is 1.47. The van der Waals surface area contributed by atoms with Gasteiger partial charge in [0.25, 0.3) is 0 Å². The highest BCUT2D eigenvalue weighted by molar-refractivity contribution is 5.81. The van der Waals surface area contributed by atoms with E-state index in [1.165, 1.54) is 0 Å². The number of aliphatic imine (C=N–C) groups is 1. The molecule has 0 atom stereocenters. The minimum Gasteiger partial charge on any atom is -0.344 e. The lowest BCUT2D eigenvalue weighted by Crippen LogP contribution is -2.36. The van der Waals surface area contributed by atoms with Crippen LogP contribution >= 0.6 is 0 Å². The smallest absolute Gasteiger partial charge is 0.196 e. The highest BCUT2D eigenvalue weighted by atomic mass is 15.4. The van der Waals surface area contributed by atoms with Crippen LogP contribution in [0.3, 0.4) is 0 Å². The standard InChI is InChI=1S/C8H17N3/c1-7(2)11-6-5-10(4)8(11)9-3/h7H,5-6H2,1-4H3/b9-8-. The van der Waals surface area contributed by atoms with Gasteiger partial charge in [-0.3, -0.25) is 4.99 Å². The molecular weight excluding hydrogens is 138 g/mol. The van der Waals surface area contributed by atoms with Gasteiger partial charge in [-0.05, 0) is 13.8 Å². The normalized spacial score (nSPS) is 22.5. The summed E-state index contributed by atoms with van der Waals surface area (Å²) < 4.78 is 0. The van der Waals surface area contributed by atoms with Crippen LogP contribution in [0.25, 0.3) is 0 Å². The van der Waals surface area contributed by atoms with Crippen molar-refractivity contribution >= 4 is 5.96 Å². The highest BCUT2D eigenvalue weighted by Gasteiger charge is 2.24. The fraction of sp³-hybridized carbons (Fsp3) is 0.875. The van der Waals surface area contributed by atoms with Crippen LogP contribution in [0.5, 0.6) is 0 Å². The summed E-state index contributed by atoms with van der Waals surface area (Å²) in [4.78, 5) is 8.75. The summed E-state index contributed by atoms with van der Waals surface area (Å²) in [6, 6.07) is 0.568. The van der Waals surface area contributed by atoms with E-state index in [9.17, 15) is 0 Å². The van der Waals surface area contributed by atoms with Crippen LogP contribution in [0.4, 0.5) is 0 Å². The number of rotatable bonds is 1. The van der Waals surface area contributed by atoms with Crippen molar-refractivity contribution in [1.29, 1.82) is 0 Å². The molecule has 0 aliphatic carbocycles. The molecule has 1 heterocycles. The van der Waals surface area contributed by atoms with Crippen molar-refractivity contribution in [2.24, 2.45) is 4.99 Å². The van der Waals surface area contributed by atoms with E-state index in [0.29, 0.717) is 6.04 Å². The molecule has 1 aliphatic heterocycles. The lowest BCUT2D eigenvalue weighted by molar-refractivity contribution is 0.383. The molecule has 0 aromatic carbocycles. The summed E-state index contributed by atoms with van der Waals surface area (Å²) in [5.74, 6) is 1.12. The van der Waals surface area contributed by atoms with E-state index >= 15 is 0 Å². The van der Waals surface area contributed by atoms with E-state index in [2.05, 4.69) is 35.7 Å². The molecule has 3 nitrogen and oxygen atoms in total. The van der Waals surface area contributed by atoms with Gasteiger partial charge < -0.3 is 9.80 Å². The fourth-order valence-electron chi connectivity index (χ4n) is 1.47. The molecule has 11 heavy (non-hydrogen) atoms. The maximum absolute atomic E-state index is 4.24. The Balaban J connectivity index is 2.70. The lowest BCUT2D eigenvalue weighted by Gasteiger charge is -2.23. The molecule has 0 N–H and O–H groups in total. The molecule has 3 heteroatoms. The first-order chi connectivity index (χ1) is 5.16. The van der Waals surface area contributed by atoms with Crippen molar-refractivity contribution < 1.29 is 0 Å². The average Bonchev–Trinajstić information content (AvgIpc) is 2.30. The van der Waals surface area contributed by atoms with Crippen molar-refractivity contribution in [3.8, 4) is 0 Å². The number of likely N-dealkylation sites (N-methyl/N-ethyl adjacent to an activating group) is 1. The van der Waals surface area contributed by atoms with Crippen LogP contribution in [-0.2, 0) is 0 Å². The topological polar surface area (TPSA) is 18.8 Å². The van der Waals surface area contributed by atoms with E-state index in [-0.39, 0.29) is 0 Å². The summed E-state index contributed by atoms with van der Waals surface area (Å²) >= 11 is 0. The lowest BCUT2D eigenvalue weighted by atomic mass is 10.3. The summed E-state index contributed by atoms with van der Waals surface area (Å²) in [5, 5.41) is 0. The van der Waals surface area contributed by atoms with Gasteiger partial charge in [0.2, 0.25) is 0 Å².